The average molecular weight is 239 g/mol. The fourth-order valence-corrected chi connectivity index (χ4v) is 3.93. The molecule has 1 heterocycles. The van der Waals surface area contributed by atoms with Crippen LogP contribution in [0.15, 0.2) is 0 Å². The summed E-state index contributed by atoms with van der Waals surface area (Å²) in [6.45, 7) is 5.79. The quantitative estimate of drug-likeness (QED) is 0.823. The maximum absolute atomic E-state index is 10.9. The van der Waals surface area contributed by atoms with E-state index in [9.17, 15) is 4.79 Å². The third kappa shape index (κ3) is 3.21. The summed E-state index contributed by atoms with van der Waals surface area (Å²) in [5.74, 6) is 0.962. The molecule has 0 radical (unpaired) electrons. The Kier molecular flexibility index (Phi) is 4.08. The lowest BCUT2D eigenvalue weighted by atomic mass is 9.79. The average Bonchev–Trinajstić information content (AvgIpc) is 2.63. The van der Waals surface area contributed by atoms with Crippen molar-refractivity contribution in [3.05, 3.63) is 0 Å². The van der Waals surface area contributed by atoms with E-state index in [1.807, 2.05) is 0 Å². The molecule has 0 aromatic heterocycles. The maximum atomic E-state index is 10.9. The minimum atomic E-state index is -0.640. The van der Waals surface area contributed by atoms with Crippen LogP contribution in [0, 0.1) is 11.8 Å². The summed E-state index contributed by atoms with van der Waals surface area (Å²) in [6, 6.07) is 0.940. The summed E-state index contributed by atoms with van der Waals surface area (Å²) in [5.41, 5.74) is 0. The van der Waals surface area contributed by atoms with Crippen LogP contribution in [0.5, 0.6) is 0 Å². The van der Waals surface area contributed by atoms with E-state index >= 15 is 0 Å². The second-order valence-electron chi connectivity index (χ2n) is 6.20. The number of carbonyl (C=O) groups is 1. The second-order valence-corrected chi connectivity index (χ2v) is 6.20. The third-order valence-corrected chi connectivity index (χ3v) is 4.46. The smallest absolute Gasteiger partial charge is 0.304 e. The van der Waals surface area contributed by atoms with Crippen LogP contribution < -0.4 is 0 Å². The maximum Gasteiger partial charge on any atom is 0.304 e. The lowest BCUT2D eigenvalue weighted by Crippen LogP contribution is -2.43. The van der Waals surface area contributed by atoms with Crippen LogP contribution >= 0.6 is 0 Å². The molecule has 0 aromatic rings. The highest BCUT2D eigenvalue weighted by molar-refractivity contribution is 5.67. The third-order valence-electron chi connectivity index (χ3n) is 4.46. The molecule has 17 heavy (non-hydrogen) atoms. The van der Waals surface area contributed by atoms with Gasteiger partial charge in [-0.05, 0) is 50.5 Å². The molecule has 0 aromatic carbocycles. The Morgan fingerprint density at radius 1 is 1.24 bits per heavy atom. The van der Waals surface area contributed by atoms with Crippen molar-refractivity contribution in [3.63, 3.8) is 0 Å². The van der Waals surface area contributed by atoms with Crippen LogP contribution in [0.25, 0.3) is 0 Å². The van der Waals surface area contributed by atoms with Crippen molar-refractivity contribution in [2.24, 2.45) is 11.8 Å². The molecule has 0 spiro atoms. The lowest BCUT2D eigenvalue weighted by molar-refractivity contribution is -0.138. The van der Waals surface area contributed by atoms with Crippen LogP contribution in [-0.2, 0) is 4.79 Å². The number of carboxylic acids is 1. The minimum absolute atomic E-state index is 0.301. The molecule has 98 valence electrons. The Labute approximate surface area is 104 Å². The molecule has 0 bridgehead atoms. The first-order chi connectivity index (χ1) is 8.06. The summed E-state index contributed by atoms with van der Waals surface area (Å²) < 4.78 is 0. The molecule has 1 saturated carbocycles. The van der Waals surface area contributed by atoms with Crippen molar-refractivity contribution in [1.29, 1.82) is 0 Å². The SMILES string of the molecule is CC1CC(C)CC(N2CCCC2CC(=O)O)C1. The number of nitrogens with zero attached hydrogens (tertiary/aromatic N) is 1. The highest BCUT2D eigenvalue weighted by Crippen LogP contribution is 2.35. The van der Waals surface area contributed by atoms with Gasteiger partial charge in [0.15, 0.2) is 0 Å². The van der Waals surface area contributed by atoms with Gasteiger partial charge in [-0.1, -0.05) is 13.8 Å². The van der Waals surface area contributed by atoms with Gasteiger partial charge in [0.25, 0.3) is 0 Å². The molecule has 1 aliphatic carbocycles. The number of hydrogen-bond donors (Lipinski definition) is 1. The fraction of sp³-hybridized carbons (Fsp3) is 0.929. The fourth-order valence-electron chi connectivity index (χ4n) is 3.93. The Bertz CT molecular complexity index is 269. The summed E-state index contributed by atoms with van der Waals surface area (Å²) >= 11 is 0. The highest BCUT2D eigenvalue weighted by atomic mass is 16.4. The van der Waals surface area contributed by atoms with Crippen molar-refractivity contribution in [2.75, 3.05) is 6.54 Å². The van der Waals surface area contributed by atoms with E-state index in [0.717, 1.165) is 24.8 Å². The predicted molar refractivity (Wildman–Crippen MR) is 67.9 cm³/mol. The van der Waals surface area contributed by atoms with Gasteiger partial charge in [0.1, 0.15) is 0 Å². The van der Waals surface area contributed by atoms with Gasteiger partial charge in [-0.15, -0.1) is 0 Å². The molecule has 3 heteroatoms. The molecule has 3 nitrogen and oxygen atoms in total. The molecule has 2 rings (SSSR count). The van der Waals surface area contributed by atoms with Gasteiger partial charge in [0.2, 0.25) is 0 Å². The van der Waals surface area contributed by atoms with Gasteiger partial charge in [-0.3, -0.25) is 9.69 Å². The zero-order valence-electron chi connectivity index (χ0n) is 11.1. The molecular formula is C14H25NO2. The zero-order chi connectivity index (χ0) is 12.4. The van der Waals surface area contributed by atoms with Crippen molar-refractivity contribution in [2.45, 2.75) is 64.5 Å². The molecule has 1 N–H and O–H groups in total. The number of hydrogen-bond acceptors (Lipinski definition) is 2. The van der Waals surface area contributed by atoms with Gasteiger partial charge in [-0.25, -0.2) is 0 Å². The molecule has 0 amide bonds. The van der Waals surface area contributed by atoms with E-state index in [2.05, 4.69) is 18.7 Å². The molecule has 1 saturated heterocycles. The van der Waals surface area contributed by atoms with Crippen molar-refractivity contribution in [1.82, 2.24) is 4.90 Å². The minimum Gasteiger partial charge on any atom is -0.481 e. The molecular weight excluding hydrogens is 214 g/mol. The first-order valence-corrected chi connectivity index (χ1v) is 7.03. The Morgan fingerprint density at radius 3 is 2.47 bits per heavy atom. The van der Waals surface area contributed by atoms with Gasteiger partial charge in [0.05, 0.1) is 6.42 Å². The molecule has 3 unspecified atom stereocenters. The predicted octanol–water partition coefficient (Wildman–Crippen LogP) is 2.75. The van der Waals surface area contributed by atoms with Gasteiger partial charge in [0, 0.05) is 12.1 Å². The van der Waals surface area contributed by atoms with E-state index < -0.39 is 5.97 Å². The Morgan fingerprint density at radius 2 is 1.88 bits per heavy atom. The largest absolute Gasteiger partial charge is 0.481 e. The highest BCUT2D eigenvalue weighted by Gasteiger charge is 2.35. The van der Waals surface area contributed by atoms with E-state index in [4.69, 9.17) is 5.11 Å². The van der Waals surface area contributed by atoms with Crippen molar-refractivity contribution in [3.8, 4) is 0 Å². The summed E-state index contributed by atoms with van der Waals surface area (Å²) in [4.78, 5) is 13.4. The van der Waals surface area contributed by atoms with Gasteiger partial charge in [-0.2, -0.15) is 0 Å². The van der Waals surface area contributed by atoms with Gasteiger partial charge >= 0.3 is 5.97 Å². The monoisotopic (exact) mass is 239 g/mol. The van der Waals surface area contributed by atoms with Gasteiger partial charge < -0.3 is 5.11 Å². The second kappa shape index (κ2) is 5.38. The topological polar surface area (TPSA) is 40.5 Å². The number of carboxylic acid groups (broad SMARTS) is 1. The summed E-state index contributed by atoms with van der Waals surface area (Å²) in [7, 11) is 0. The van der Waals surface area contributed by atoms with E-state index in [-0.39, 0.29) is 0 Å². The van der Waals surface area contributed by atoms with Crippen LogP contribution in [0.2, 0.25) is 0 Å². The molecule has 2 fully saturated rings. The van der Waals surface area contributed by atoms with Crippen molar-refractivity contribution < 1.29 is 9.90 Å². The number of rotatable bonds is 3. The number of likely N-dealkylation sites (tertiary alicyclic amines) is 1. The normalized spacial score (nSPS) is 39.4. The first kappa shape index (κ1) is 12.9. The van der Waals surface area contributed by atoms with Crippen LogP contribution in [0.1, 0.15) is 52.4 Å². The lowest BCUT2D eigenvalue weighted by Gasteiger charge is -2.39. The zero-order valence-corrected chi connectivity index (χ0v) is 11.1. The van der Waals surface area contributed by atoms with E-state index in [1.165, 1.54) is 25.7 Å². The Hall–Kier alpha value is -0.570. The van der Waals surface area contributed by atoms with E-state index in [1.54, 1.807) is 0 Å². The van der Waals surface area contributed by atoms with Crippen molar-refractivity contribution >= 4 is 5.97 Å². The Balaban J connectivity index is 1.97. The summed E-state index contributed by atoms with van der Waals surface area (Å²) in [5, 5.41) is 8.97. The van der Waals surface area contributed by atoms with E-state index in [0.29, 0.717) is 18.5 Å². The molecule has 3 atom stereocenters. The standard InChI is InChI=1S/C14H25NO2/c1-10-6-11(2)8-13(7-10)15-5-3-4-12(15)9-14(16)17/h10-13H,3-9H2,1-2H3,(H,16,17). The van der Waals surface area contributed by atoms with Crippen LogP contribution in [0.3, 0.4) is 0 Å². The summed E-state index contributed by atoms with van der Waals surface area (Å²) in [6.07, 6.45) is 6.46. The van der Waals surface area contributed by atoms with Crippen LogP contribution in [0.4, 0.5) is 0 Å². The first-order valence-electron chi connectivity index (χ1n) is 7.03. The molecule has 1 aliphatic heterocycles. The molecule has 2 aliphatic rings. The van der Waals surface area contributed by atoms with Crippen LogP contribution in [-0.4, -0.2) is 34.6 Å². The number of aliphatic carboxylic acids is 1.